The van der Waals surface area contributed by atoms with E-state index < -0.39 is 11.4 Å². The van der Waals surface area contributed by atoms with E-state index in [9.17, 15) is 9.59 Å². The van der Waals surface area contributed by atoms with Crippen molar-refractivity contribution >= 4 is 50.0 Å². The highest BCUT2D eigenvalue weighted by atomic mass is 79.9. The molecule has 5 rings (SSSR count). The molecule has 220 valence electrons. The van der Waals surface area contributed by atoms with Crippen LogP contribution in [-0.2, 0) is 10.2 Å². The lowest BCUT2D eigenvalue weighted by atomic mass is 9.85. The molecule has 0 bridgehead atoms. The van der Waals surface area contributed by atoms with Gasteiger partial charge in [0.1, 0.15) is 0 Å². The van der Waals surface area contributed by atoms with Crippen LogP contribution in [0, 0.1) is 5.92 Å². The number of nitrogens with one attached hydrogen (secondary N) is 1. The standard InChI is InChI=1S/C33H28Br2N2O6/c1-40-27-15-20(16-28(41-2)30(27)42-3)32(39)43-29-21(14-24(34)17-26(29)35)19-36-37-31(38)25-18-33(25,22-10-6-4-7-11-22)23-12-8-5-9-13-23/h4-17,19,25H,18H2,1-3H3,(H,37,38)/b36-19+. The summed E-state index contributed by atoms with van der Waals surface area (Å²) in [5, 5.41) is 4.24. The lowest BCUT2D eigenvalue weighted by Gasteiger charge is -2.18. The number of halogens is 2. The molecule has 1 aliphatic carbocycles. The number of hydrogen-bond donors (Lipinski definition) is 1. The second-order valence-corrected chi connectivity index (χ2v) is 11.6. The van der Waals surface area contributed by atoms with Crippen molar-refractivity contribution in [1.29, 1.82) is 0 Å². The van der Waals surface area contributed by atoms with Gasteiger partial charge < -0.3 is 18.9 Å². The number of esters is 1. The van der Waals surface area contributed by atoms with Gasteiger partial charge in [-0.1, -0.05) is 76.6 Å². The van der Waals surface area contributed by atoms with Gasteiger partial charge in [0.05, 0.1) is 43.5 Å². The molecule has 1 atom stereocenters. The fraction of sp³-hybridized carbons (Fsp3) is 0.182. The quantitative estimate of drug-likeness (QED) is 0.0833. The molecule has 1 amide bonds. The maximum atomic E-state index is 13.3. The van der Waals surface area contributed by atoms with Gasteiger partial charge in [0, 0.05) is 15.5 Å². The molecule has 4 aromatic rings. The molecule has 1 unspecified atom stereocenters. The first kappa shape index (κ1) is 30.3. The maximum absolute atomic E-state index is 13.3. The highest BCUT2D eigenvalue weighted by Gasteiger charge is 2.60. The first-order valence-electron chi connectivity index (χ1n) is 13.3. The number of nitrogens with zero attached hydrogens (tertiary/aromatic N) is 1. The van der Waals surface area contributed by atoms with Crippen LogP contribution in [0.3, 0.4) is 0 Å². The summed E-state index contributed by atoms with van der Waals surface area (Å²) in [6.07, 6.45) is 2.11. The van der Waals surface area contributed by atoms with E-state index in [1.807, 2.05) is 36.4 Å². The molecule has 1 fully saturated rings. The second-order valence-electron chi connectivity index (χ2n) is 9.80. The Kier molecular flexibility index (Phi) is 9.17. The van der Waals surface area contributed by atoms with Gasteiger partial charge in [-0.25, -0.2) is 10.2 Å². The molecule has 0 saturated heterocycles. The van der Waals surface area contributed by atoms with Gasteiger partial charge in [0.25, 0.3) is 0 Å². The Morgan fingerprint density at radius 2 is 1.42 bits per heavy atom. The summed E-state index contributed by atoms with van der Waals surface area (Å²) in [5.41, 5.74) is 5.09. The predicted octanol–water partition coefficient (Wildman–Crippen LogP) is 6.91. The largest absolute Gasteiger partial charge is 0.493 e. The molecular formula is C33H28Br2N2O6. The summed E-state index contributed by atoms with van der Waals surface area (Å²) in [7, 11) is 4.41. The van der Waals surface area contributed by atoms with Gasteiger partial charge in [-0.05, 0) is 57.7 Å². The predicted molar refractivity (Wildman–Crippen MR) is 170 cm³/mol. The van der Waals surface area contributed by atoms with Crippen LogP contribution in [-0.4, -0.2) is 39.4 Å². The van der Waals surface area contributed by atoms with Crippen LogP contribution in [0.15, 0.2) is 99.0 Å². The Balaban J connectivity index is 1.37. The smallest absolute Gasteiger partial charge is 0.343 e. The van der Waals surface area contributed by atoms with E-state index in [1.165, 1.54) is 39.7 Å². The molecular weight excluding hydrogens is 680 g/mol. The van der Waals surface area contributed by atoms with Crippen molar-refractivity contribution in [3.8, 4) is 23.0 Å². The van der Waals surface area contributed by atoms with E-state index in [4.69, 9.17) is 18.9 Å². The average Bonchev–Trinajstić information content (AvgIpc) is 3.80. The molecule has 10 heteroatoms. The number of hydrazone groups is 1. The summed E-state index contributed by atoms with van der Waals surface area (Å²) in [4.78, 5) is 26.6. The van der Waals surface area contributed by atoms with E-state index in [-0.39, 0.29) is 23.1 Å². The normalized spacial score (nSPS) is 15.0. The molecule has 0 aliphatic heterocycles. The number of amides is 1. The Bertz CT molecular complexity index is 1610. The van der Waals surface area contributed by atoms with Gasteiger partial charge in [-0.2, -0.15) is 5.10 Å². The summed E-state index contributed by atoms with van der Waals surface area (Å²) in [6, 6.07) is 26.6. The summed E-state index contributed by atoms with van der Waals surface area (Å²) in [5.74, 6) is 0.0542. The van der Waals surface area contributed by atoms with Gasteiger partial charge in [-0.15, -0.1) is 0 Å². The van der Waals surface area contributed by atoms with Crippen molar-refractivity contribution in [2.24, 2.45) is 11.0 Å². The van der Waals surface area contributed by atoms with Crippen LogP contribution in [0.4, 0.5) is 0 Å². The summed E-state index contributed by atoms with van der Waals surface area (Å²) in [6.45, 7) is 0. The Morgan fingerprint density at radius 1 is 0.837 bits per heavy atom. The first-order chi connectivity index (χ1) is 20.8. The van der Waals surface area contributed by atoms with Gasteiger partial charge >= 0.3 is 5.97 Å². The average molecular weight is 708 g/mol. The van der Waals surface area contributed by atoms with Crippen LogP contribution in [0.5, 0.6) is 23.0 Å². The summed E-state index contributed by atoms with van der Waals surface area (Å²) >= 11 is 6.94. The number of methoxy groups -OCH3 is 3. The molecule has 4 aromatic carbocycles. The van der Waals surface area contributed by atoms with Crippen LogP contribution < -0.4 is 24.4 Å². The monoisotopic (exact) mass is 706 g/mol. The molecule has 0 radical (unpaired) electrons. The van der Waals surface area contributed by atoms with E-state index in [1.54, 1.807) is 12.1 Å². The maximum Gasteiger partial charge on any atom is 0.343 e. The van der Waals surface area contributed by atoms with Gasteiger partial charge in [0.15, 0.2) is 17.2 Å². The van der Waals surface area contributed by atoms with Crippen molar-refractivity contribution < 1.29 is 28.5 Å². The van der Waals surface area contributed by atoms with E-state index in [0.29, 0.717) is 38.2 Å². The van der Waals surface area contributed by atoms with Crippen LogP contribution in [0.2, 0.25) is 0 Å². The molecule has 1 aliphatic rings. The third kappa shape index (κ3) is 6.16. The number of carbonyl (C=O) groups excluding carboxylic acids is 2. The lowest BCUT2D eigenvalue weighted by Crippen LogP contribution is -2.25. The Hall–Kier alpha value is -4.15. The number of hydrogen-bond acceptors (Lipinski definition) is 7. The third-order valence-electron chi connectivity index (χ3n) is 7.37. The lowest BCUT2D eigenvalue weighted by molar-refractivity contribution is -0.122. The number of carbonyl (C=O) groups is 2. The molecule has 8 nitrogen and oxygen atoms in total. The topological polar surface area (TPSA) is 95.5 Å². The minimum absolute atomic E-state index is 0.187. The SMILES string of the molecule is COc1cc(C(=O)Oc2c(Br)cc(Br)cc2/C=N/NC(=O)C2CC2(c2ccccc2)c2ccccc2)cc(OC)c1OC. The van der Waals surface area contributed by atoms with Gasteiger partial charge in [0.2, 0.25) is 11.7 Å². The van der Waals surface area contributed by atoms with Crippen LogP contribution in [0.25, 0.3) is 0 Å². The zero-order chi connectivity index (χ0) is 30.6. The van der Waals surface area contributed by atoms with Crippen molar-refractivity contribution in [2.45, 2.75) is 11.8 Å². The van der Waals surface area contributed by atoms with Crippen LogP contribution in [0.1, 0.15) is 33.5 Å². The zero-order valence-electron chi connectivity index (χ0n) is 23.6. The van der Waals surface area contributed by atoms with Crippen molar-refractivity contribution in [2.75, 3.05) is 21.3 Å². The zero-order valence-corrected chi connectivity index (χ0v) is 26.8. The fourth-order valence-corrected chi connectivity index (χ4v) is 6.57. The second kappa shape index (κ2) is 13.0. The minimum Gasteiger partial charge on any atom is -0.493 e. The van der Waals surface area contributed by atoms with Crippen molar-refractivity contribution in [3.05, 3.63) is 116 Å². The molecule has 0 heterocycles. The molecule has 1 saturated carbocycles. The van der Waals surface area contributed by atoms with Crippen LogP contribution >= 0.6 is 31.9 Å². The highest BCUT2D eigenvalue weighted by molar-refractivity contribution is 9.11. The summed E-state index contributed by atoms with van der Waals surface area (Å²) < 4.78 is 23.1. The Labute approximate surface area is 266 Å². The molecule has 0 aromatic heterocycles. The fourth-order valence-electron chi connectivity index (χ4n) is 5.23. The minimum atomic E-state index is -0.658. The molecule has 1 N–H and O–H groups in total. The number of rotatable bonds is 10. The van der Waals surface area contributed by atoms with E-state index in [0.717, 1.165) is 11.1 Å². The van der Waals surface area contributed by atoms with Crippen molar-refractivity contribution in [1.82, 2.24) is 5.43 Å². The number of ether oxygens (including phenoxy) is 4. The van der Waals surface area contributed by atoms with E-state index in [2.05, 4.69) is 66.7 Å². The van der Waals surface area contributed by atoms with Crippen molar-refractivity contribution in [3.63, 3.8) is 0 Å². The highest BCUT2D eigenvalue weighted by Crippen LogP contribution is 2.58. The van der Waals surface area contributed by atoms with E-state index >= 15 is 0 Å². The molecule has 0 spiro atoms. The van der Waals surface area contributed by atoms with Gasteiger partial charge in [-0.3, -0.25) is 4.79 Å². The number of benzene rings is 4. The Morgan fingerprint density at radius 3 is 1.95 bits per heavy atom. The third-order valence-corrected chi connectivity index (χ3v) is 8.41. The molecule has 43 heavy (non-hydrogen) atoms. The first-order valence-corrected chi connectivity index (χ1v) is 14.9.